The van der Waals surface area contributed by atoms with Gasteiger partial charge in [0.15, 0.2) is 6.61 Å². The second-order valence-electron chi connectivity index (χ2n) is 6.10. The number of halogens is 1. The normalized spacial score (nSPS) is 16.4. The van der Waals surface area contributed by atoms with Crippen LogP contribution in [-0.2, 0) is 20.7 Å². The van der Waals surface area contributed by atoms with E-state index in [-0.39, 0.29) is 19.1 Å². The Morgan fingerprint density at radius 2 is 2.22 bits per heavy atom. The van der Waals surface area contributed by atoms with E-state index in [2.05, 4.69) is 19.2 Å². The van der Waals surface area contributed by atoms with E-state index in [1.165, 1.54) is 0 Å². The van der Waals surface area contributed by atoms with Crippen LogP contribution in [0.2, 0.25) is 5.02 Å². The molecule has 0 aliphatic carbocycles. The third-order valence-electron chi connectivity index (χ3n) is 3.65. The fraction of sp³-hybridized carbons (Fsp3) is 0.529. The number of ether oxygens (including phenoxy) is 2. The molecule has 1 aromatic carbocycles. The van der Waals surface area contributed by atoms with Gasteiger partial charge in [-0.05, 0) is 42.5 Å². The summed E-state index contributed by atoms with van der Waals surface area (Å²) in [5.41, 5.74) is 0.882. The number of carbonyl (C=O) groups excluding carboxylic acids is 2. The van der Waals surface area contributed by atoms with Crippen LogP contribution in [0.25, 0.3) is 0 Å². The molecular weight excluding hydrogens is 318 g/mol. The SMILES string of the molecule is CC(C)CCNC(=O)COC(=O)[C@@H]1COc2ccc(Cl)cc2C1. The van der Waals surface area contributed by atoms with E-state index < -0.39 is 11.9 Å². The smallest absolute Gasteiger partial charge is 0.313 e. The Balaban J connectivity index is 1.77. The zero-order chi connectivity index (χ0) is 16.8. The molecule has 1 atom stereocenters. The molecule has 0 fully saturated rings. The van der Waals surface area contributed by atoms with Crippen molar-refractivity contribution in [2.75, 3.05) is 19.8 Å². The minimum Gasteiger partial charge on any atom is -0.492 e. The summed E-state index contributed by atoms with van der Waals surface area (Å²) >= 11 is 5.95. The topological polar surface area (TPSA) is 64.6 Å². The number of fused-ring (bicyclic) bond motifs is 1. The second kappa shape index (κ2) is 8.20. The first-order valence-electron chi connectivity index (χ1n) is 7.80. The highest BCUT2D eigenvalue weighted by atomic mass is 35.5. The van der Waals surface area contributed by atoms with Crippen LogP contribution < -0.4 is 10.1 Å². The molecule has 5 nitrogen and oxygen atoms in total. The Bertz CT molecular complexity index is 574. The highest BCUT2D eigenvalue weighted by Gasteiger charge is 2.27. The fourth-order valence-corrected chi connectivity index (χ4v) is 2.52. The molecule has 6 heteroatoms. The maximum absolute atomic E-state index is 12.1. The summed E-state index contributed by atoms with van der Waals surface area (Å²) < 4.78 is 10.6. The molecule has 126 valence electrons. The molecule has 1 N–H and O–H groups in total. The number of hydrogen-bond donors (Lipinski definition) is 1. The van der Waals surface area contributed by atoms with E-state index in [9.17, 15) is 9.59 Å². The van der Waals surface area contributed by atoms with Crippen molar-refractivity contribution in [3.63, 3.8) is 0 Å². The van der Waals surface area contributed by atoms with Crippen molar-refractivity contribution in [3.05, 3.63) is 28.8 Å². The van der Waals surface area contributed by atoms with Gasteiger partial charge in [0.05, 0.1) is 5.92 Å². The van der Waals surface area contributed by atoms with Gasteiger partial charge in [0.1, 0.15) is 12.4 Å². The van der Waals surface area contributed by atoms with Gasteiger partial charge in [0.2, 0.25) is 0 Å². The van der Waals surface area contributed by atoms with Crippen molar-refractivity contribution in [1.29, 1.82) is 0 Å². The number of carbonyl (C=O) groups is 2. The molecular formula is C17H22ClNO4. The van der Waals surface area contributed by atoms with Crippen molar-refractivity contribution in [3.8, 4) is 5.75 Å². The zero-order valence-corrected chi connectivity index (χ0v) is 14.2. The number of esters is 1. The predicted molar refractivity (Wildman–Crippen MR) is 87.6 cm³/mol. The lowest BCUT2D eigenvalue weighted by atomic mass is 9.97. The molecule has 1 aromatic rings. The molecule has 1 aliphatic rings. The lowest BCUT2D eigenvalue weighted by Gasteiger charge is -2.24. The Labute approximate surface area is 141 Å². The van der Waals surface area contributed by atoms with Gasteiger partial charge in [-0.15, -0.1) is 0 Å². The van der Waals surface area contributed by atoms with Crippen LogP contribution in [0.3, 0.4) is 0 Å². The van der Waals surface area contributed by atoms with Gasteiger partial charge in [0, 0.05) is 11.6 Å². The van der Waals surface area contributed by atoms with Gasteiger partial charge in [-0.1, -0.05) is 25.4 Å². The Kier molecular flexibility index (Phi) is 6.28. The van der Waals surface area contributed by atoms with Crippen molar-refractivity contribution in [2.45, 2.75) is 26.7 Å². The van der Waals surface area contributed by atoms with Gasteiger partial charge >= 0.3 is 5.97 Å². The molecule has 0 spiro atoms. The summed E-state index contributed by atoms with van der Waals surface area (Å²) in [6, 6.07) is 5.33. The van der Waals surface area contributed by atoms with Gasteiger partial charge in [-0.3, -0.25) is 9.59 Å². The third-order valence-corrected chi connectivity index (χ3v) is 3.89. The van der Waals surface area contributed by atoms with E-state index >= 15 is 0 Å². The minimum atomic E-state index is -0.422. The first kappa shape index (κ1) is 17.6. The molecule has 0 bridgehead atoms. The zero-order valence-electron chi connectivity index (χ0n) is 13.4. The molecule has 2 rings (SSSR count). The van der Waals surface area contributed by atoms with E-state index in [1.807, 2.05) is 0 Å². The maximum atomic E-state index is 12.1. The molecule has 0 saturated heterocycles. The number of rotatable bonds is 6. The third kappa shape index (κ3) is 5.43. The van der Waals surface area contributed by atoms with E-state index in [0.29, 0.717) is 23.9 Å². The van der Waals surface area contributed by atoms with E-state index in [1.54, 1.807) is 18.2 Å². The largest absolute Gasteiger partial charge is 0.492 e. The highest BCUT2D eigenvalue weighted by molar-refractivity contribution is 6.30. The second-order valence-corrected chi connectivity index (χ2v) is 6.54. The molecule has 1 aliphatic heterocycles. The summed E-state index contributed by atoms with van der Waals surface area (Å²) in [6.45, 7) is 4.75. The van der Waals surface area contributed by atoms with E-state index in [0.717, 1.165) is 17.7 Å². The molecule has 0 unspecified atom stereocenters. The molecule has 0 saturated carbocycles. The van der Waals surface area contributed by atoms with Crippen LogP contribution in [-0.4, -0.2) is 31.6 Å². The van der Waals surface area contributed by atoms with Gasteiger partial charge in [-0.25, -0.2) is 0 Å². The molecule has 1 amide bonds. The number of hydrogen-bond acceptors (Lipinski definition) is 4. The van der Waals surface area contributed by atoms with E-state index in [4.69, 9.17) is 21.1 Å². The summed E-state index contributed by atoms with van der Waals surface area (Å²) in [6.07, 6.45) is 1.40. The lowest BCUT2D eigenvalue weighted by Crippen LogP contribution is -2.34. The van der Waals surface area contributed by atoms with Gasteiger partial charge in [0.25, 0.3) is 5.91 Å². The fourth-order valence-electron chi connectivity index (χ4n) is 2.32. The Morgan fingerprint density at radius 1 is 1.43 bits per heavy atom. The average Bonchev–Trinajstić information content (AvgIpc) is 2.51. The predicted octanol–water partition coefficient (Wildman–Crippen LogP) is 2.60. The maximum Gasteiger partial charge on any atom is 0.313 e. The summed E-state index contributed by atoms with van der Waals surface area (Å²) in [5.74, 6) is 0.146. The Morgan fingerprint density at radius 3 is 2.96 bits per heavy atom. The monoisotopic (exact) mass is 339 g/mol. The van der Waals surface area contributed by atoms with Crippen LogP contribution in [0.15, 0.2) is 18.2 Å². The van der Waals surface area contributed by atoms with Crippen molar-refractivity contribution in [1.82, 2.24) is 5.32 Å². The van der Waals surface area contributed by atoms with Crippen LogP contribution in [0.4, 0.5) is 0 Å². The lowest BCUT2D eigenvalue weighted by molar-refractivity contribution is -0.153. The number of nitrogens with one attached hydrogen (secondary N) is 1. The Hall–Kier alpha value is -1.75. The molecule has 23 heavy (non-hydrogen) atoms. The standard InChI is InChI=1S/C17H22ClNO4/c1-11(2)5-6-19-16(20)10-23-17(21)13-7-12-8-14(18)3-4-15(12)22-9-13/h3-4,8,11,13H,5-7,9-10H2,1-2H3,(H,19,20)/t13-/m0/s1. The summed E-state index contributed by atoms with van der Waals surface area (Å²) in [5, 5.41) is 3.33. The van der Waals surface area contributed by atoms with Crippen LogP contribution in [0.1, 0.15) is 25.8 Å². The summed E-state index contributed by atoms with van der Waals surface area (Å²) in [7, 11) is 0. The van der Waals surface area contributed by atoms with Crippen LogP contribution in [0.5, 0.6) is 5.75 Å². The molecule has 0 radical (unpaired) electrons. The summed E-state index contributed by atoms with van der Waals surface area (Å²) in [4.78, 5) is 23.7. The first-order valence-corrected chi connectivity index (χ1v) is 8.18. The quantitative estimate of drug-likeness (QED) is 0.809. The van der Waals surface area contributed by atoms with Gasteiger partial charge in [-0.2, -0.15) is 0 Å². The molecule has 1 heterocycles. The van der Waals surface area contributed by atoms with Crippen molar-refractivity contribution < 1.29 is 19.1 Å². The highest BCUT2D eigenvalue weighted by Crippen LogP contribution is 2.30. The average molecular weight is 340 g/mol. The van der Waals surface area contributed by atoms with Crippen molar-refractivity contribution in [2.24, 2.45) is 11.8 Å². The number of amides is 1. The number of benzene rings is 1. The van der Waals surface area contributed by atoms with Crippen LogP contribution >= 0.6 is 11.6 Å². The first-order chi connectivity index (χ1) is 11.0. The van der Waals surface area contributed by atoms with Crippen LogP contribution in [0, 0.1) is 11.8 Å². The molecule has 0 aromatic heterocycles. The van der Waals surface area contributed by atoms with Gasteiger partial charge < -0.3 is 14.8 Å². The van der Waals surface area contributed by atoms with Crippen molar-refractivity contribution >= 4 is 23.5 Å². The minimum absolute atomic E-state index is 0.252.